The molecular weight excluding hydrogens is 370 g/mol. The topological polar surface area (TPSA) is 87.8 Å². The lowest BCUT2D eigenvalue weighted by molar-refractivity contribution is 0.00225. The summed E-state index contributed by atoms with van der Waals surface area (Å²) in [4.78, 5) is 17.5. The lowest BCUT2D eigenvalue weighted by Crippen LogP contribution is -2.53. The Morgan fingerprint density at radius 3 is 2.76 bits per heavy atom. The number of methoxy groups -OCH3 is 1. The van der Waals surface area contributed by atoms with Crippen molar-refractivity contribution >= 4 is 28.3 Å². The monoisotopic (exact) mass is 393 g/mol. The molecule has 2 heterocycles. The summed E-state index contributed by atoms with van der Waals surface area (Å²) in [6.45, 7) is 2.69. The maximum absolute atomic E-state index is 12.9. The van der Waals surface area contributed by atoms with E-state index in [2.05, 4.69) is 21.3 Å². The van der Waals surface area contributed by atoms with Crippen molar-refractivity contribution in [2.24, 2.45) is 0 Å². The first-order valence-corrected chi connectivity index (χ1v) is 9.42. The van der Waals surface area contributed by atoms with Crippen LogP contribution in [0.3, 0.4) is 0 Å². The number of fused-ring (bicyclic) bond motifs is 1. The van der Waals surface area contributed by atoms with Gasteiger partial charge in [0.05, 0.1) is 31.4 Å². The standard InChI is InChI=1S/C21H23N5O3/c1-28-16-6-4-5-15(13-16)22-20-14-18(17-7-2-3-8-19(17)23-20)21(27)24-25-26-9-11-29-12-10-26/h2-8,13-14,25H,9-12H2,1H3,(H,22,23)(H,24,27). The van der Waals surface area contributed by atoms with Crippen molar-refractivity contribution in [2.75, 3.05) is 38.7 Å². The number of para-hydroxylation sites is 1. The van der Waals surface area contributed by atoms with Gasteiger partial charge in [0.1, 0.15) is 11.6 Å². The number of hydrogen-bond donors (Lipinski definition) is 3. The highest BCUT2D eigenvalue weighted by Crippen LogP contribution is 2.25. The van der Waals surface area contributed by atoms with Gasteiger partial charge >= 0.3 is 0 Å². The van der Waals surface area contributed by atoms with E-state index in [9.17, 15) is 4.79 Å². The van der Waals surface area contributed by atoms with Gasteiger partial charge in [0, 0.05) is 30.2 Å². The van der Waals surface area contributed by atoms with Crippen LogP contribution in [0, 0.1) is 0 Å². The predicted molar refractivity (Wildman–Crippen MR) is 111 cm³/mol. The van der Waals surface area contributed by atoms with Crippen LogP contribution in [0.4, 0.5) is 11.5 Å². The second-order valence-electron chi connectivity index (χ2n) is 6.59. The highest BCUT2D eigenvalue weighted by Gasteiger charge is 2.15. The molecule has 1 aromatic heterocycles. The van der Waals surface area contributed by atoms with Gasteiger partial charge in [0.25, 0.3) is 5.91 Å². The minimum absolute atomic E-state index is 0.233. The van der Waals surface area contributed by atoms with Crippen molar-refractivity contribution in [3.05, 3.63) is 60.2 Å². The van der Waals surface area contributed by atoms with E-state index >= 15 is 0 Å². The normalized spacial score (nSPS) is 14.5. The van der Waals surface area contributed by atoms with Gasteiger partial charge in [0.15, 0.2) is 0 Å². The Bertz CT molecular complexity index is 1000. The molecular formula is C21H23N5O3. The maximum atomic E-state index is 12.9. The van der Waals surface area contributed by atoms with Crippen molar-refractivity contribution in [2.45, 2.75) is 0 Å². The second kappa shape index (κ2) is 8.87. The summed E-state index contributed by atoms with van der Waals surface area (Å²) in [6.07, 6.45) is 0. The van der Waals surface area contributed by atoms with Crippen LogP contribution in [0.15, 0.2) is 54.6 Å². The molecule has 0 radical (unpaired) electrons. The van der Waals surface area contributed by atoms with Crippen LogP contribution < -0.4 is 21.0 Å². The number of carbonyl (C=O) groups is 1. The average Bonchev–Trinajstić information content (AvgIpc) is 2.77. The summed E-state index contributed by atoms with van der Waals surface area (Å²) in [5.41, 5.74) is 7.83. The third-order valence-electron chi connectivity index (χ3n) is 4.64. The third kappa shape index (κ3) is 4.62. The van der Waals surface area contributed by atoms with Gasteiger partial charge in [0.2, 0.25) is 0 Å². The van der Waals surface area contributed by atoms with Gasteiger partial charge in [-0.25, -0.2) is 9.99 Å². The molecule has 4 rings (SSSR count). The van der Waals surface area contributed by atoms with Gasteiger partial charge in [-0.1, -0.05) is 24.3 Å². The second-order valence-corrected chi connectivity index (χ2v) is 6.59. The molecule has 0 aliphatic carbocycles. The maximum Gasteiger partial charge on any atom is 0.267 e. The van der Waals surface area contributed by atoms with Crippen molar-refractivity contribution in [3.8, 4) is 5.75 Å². The highest BCUT2D eigenvalue weighted by molar-refractivity contribution is 6.06. The molecule has 0 atom stereocenters. The van der Waals surface area contributed by atoms with Gasteiger partial charge in [-0.15, -0.1) is 0 Å². The molecule has 1 aliphatic heterocycles. The largest absolute Gasteiger partial charge is 0.497 e. The van der Waals surface area contributed by atoms with E-state index in [1.165, 1.54) is 0 Å². The summed E-state index contributed by atoms with van der Waals surface area (Å²) in [6, 6.07) is 16.9. The number of aromatic nitrogens is 1. The number of amides is 1. The molecule has 3 aromatic rings. The molecule has 8 heteroatoms. The molecule has 1 amide bonds. The first-order chi connectivity index (χ1) is 14.2. The van der Waals surface area contributed by atoms with Crippen LogP contribution >= 0.6 is 0 Å². The van der Waals surface area contributed by atoms with Gasteiger partial charge in [-0.2, -0.15) is 5.53 Å². The Labute approximate surface area is 168 Å². The fourth-order valence-electron chi connectivity index (χ4n) is 3.15. The van der Waals surface area contributed by atoms with Gasteiger partial charge in [-0.3, -0.25) is 10.2 Å². The van der Waals surface area contributed by atoms with Crippen molar-refractivity contribution in [3.63, 3.8) is 0 Å². The average molecular weight is 393 g/mol. The summed E-state index contributed by atoms with van der Waals surface area (Å²) < 4.78 is 10.6. The SMILES string of the molecule is COc1cccc(Nc2cc(C(=O)NNN3CCOCC3)c3ccccc3n2)c1. The summed E-state index contributed by atoms with van der Waals surface area (Å²) in [7, 11) is 1.62. The Morgan fingerprint density at radius 1 is 1.10 bits per heavy atom. The highest BCUT2D eigenvalue weighted by atomic mass is 16.5. The van der Waals surface area contributed by atoms with E-state index in [4.69, 9.17) is 9.47 Å². The summed E-state index contributed by atoms with van der Waals surface area (Å²) in [5, 5.41) is 5.95. The van der Waals surface area contributed by atoms with Crippen LogP contribution in [-0.4, -0.2) is 49.3 Å². The first-order valence-electron chi connectivity index (χ1n) is 9.42. The Hall–Kier alpha value is -3.20. The molecule has 29 heavy (non-hydrogen) atoms. The lowest BCUT2D eigenvalue weighted by atomic mass is 10.1. The number of pyridine rings is 1. The van der Waals surface area contributed by atoms with E-state index < -0.39 is 0 Å². The van der Waals surface area contributed by atoms with E-state index in [-0.39, 0.29) is 5.91 Å². The fraction of sp³-hybridized carbons (Fsp3) is 0.238. The first kappa shape index (κ1) is 19.1. The number of hydrazine groups is 2. The number of rotatable bonds is 6. The third-order valence-corrected chi connectivity index (χ3v) is 4.64. The molecule has 0 spiro atoms. The predicted octanol–water partition coefficient (Wildman–Crippen LogP) is 2.47. The molecule has 150 valence electrons. The molecule has 8 nitrogen and oxygen atoms in total. The quantitative estimate of drug-likeness (QED) is 0.555. The van der Waals surface area contributed by atoms with E-state index in [0.29, 0.717) is 37.7 Å². The van der Waals surface area contributed by atoms with Crippen LogP contribution in [0.5, 0.6) is 5.75 Å². The lowest BCUT2D eigenvalue weighted by Gasteiger charge is -2.27. The molecule has 0 bridgehead atoms. The molecule has 0 unspecified atom stereocenters. The number of carbonyl (C=O) groups excluding carboxylic acids is 1. The molecule has 1 saturated heterocycles. The van der Waals surface area contributed by atoms with Crippen molar-refractivity contribution in [1.82, 2.24) is 21.0 Å². The Balaban J connectivity index is 1.59. The molecule has 1 fully saturated rings. The number of nitrogens with one attached hydrogen (secondary N) is 3. The van der Waals surface area contributed by atoms with Crippen LogP contribution in [0.2, 0.25) is 0 Å². The minimum Gasteiger partial charge on any atom is -0.497 e. The van der Waals surface area contributed by atoms with Crippen LogP contribution in [0.25, 0.3) is 10.9 Å². The number of nitrogens with zero attached hydrogens (tertiary/aromatic N) is 2. The van der Waals surface area contributed by atoms with Crippen molar-refractivity contribution in [1.29, 1.82) is 0 Å². The van der Waals surface area contributed by atoms with Crippen molar-refractivity contribution < 1.29 is 14.3 Å². The number of morpholine rings is 1. The minimum atomic E-state index is -0.233. The number of ether oxygens (including phenoxy) is 2. The zero-order valence-corrected chi connectivity index (χ0v) is 16.1. The molecule has 0 saturated carbocycles. The fourth-order valence-corrected chi connectivity index (χ4v) is 3.15. The van der Waals surface area contributed by atoms with E-state index in [1.807, 2.05) is 53.5 Å². The summed E-state index contributed by atoms with van der Waals surface area (Å²) >= 11 is 0. The number of anilines is 2. The molecule has 1 aliphatic rings. The zero-order valence-electron chi connectivity index (χ0n) is 16.1. The number of hydrogen-bond acceptors (Lipinski definition) is 7. The smallest absolute Gasteiger partial charge is 0.267 e. The number of benzene rings is 2. The van der Waals surface area contributed by atoms with Crippen LogP contribution in [0.1, 0.15) is 10.4 Å². The molecule has 3 N–H and O–H groups in total. The van der Waals surface area contributed by atoms with Crippen LogP contribution in [-0.2, 0) is 4.74 Å². The van der Waals surface area contributed by atoms with E-state index in [0.717, 1.165) is 22.3 Å². The Morgan fingerprint density at radius 2 is 1.93 bits per heavy atom. The Kier molecular flexibility index (Phi) is 5.85. The van der Waals surface area contributed by atoms with E-state index in [1.54, 1.807) is 13.2 Å². The zero-order chi connectivity index (χ0) is 20.1. The van der Waals surface area contributed by atoms with Gasteiger partial charge < -0.3 is 14.8 Å². The van der Waals surface area contributed by atoms with Gasteiger partial charge in [-0.05, 0) is 24.3 Å². The summed E-state index contributed by atoms with van der Waals surface area (Å²) in [5.74, 6) is 1.08. The molecule has 2 aromatic carbocycles.